The van der Waals surface area contributed by atoms with Crippen molar-refractivity contribution in [2.75, 3.05) is 18.6 Å². The third kappa shape index (κ3) is 5.10. The summed E-state index contributed by atoms with van der Waals surface area (Å²) in [7, 11) is -2.95. The summed E-state index contributed by atoms with van der Waals surface area (Å²) in [6.07, 6.45) is 1.68. The van der Waals surface area contributed by atoms with Gasteiger partial charge in [0.2, 0.25) is 0 Å². The zero-order valence-corrected chi connectivity index (χ0v) is 11.2. The smallest absolute Gasteiger partial charge is 0.159 e. The first-order valence-electron chi connectivity index (χ1n) is 5.65. The number of hydrogen-bond donors (Lipinski definition) is 1. The molecule has 0 amide bonds. The van der Waals surface area contributed by atoms with E-state index in [2.05, 4.69) is 5.32 Å². The van der Waals surface area contributed by atoms with Crippen LogP contribution in [0.15, 0.2) is 18.2 Å². The number of rotatable bonds is 6. The maximum Gasteiger partial charge on any atom is 0.159 e. The molecule has 6 heteroatoms. The predicted molar refractivity (Wildman–Crippen MR) is 67.1 cm³/mol. The average molecular weight is 277 g/mol. The molecular weight excluding hydrogens is 260 g/mol. The van der Waals surface area contributed by atoms with Crippen LogP contribution < -0.4 is 5.32 Å². The van der Waals surface area contributed by atoms with Gasteiger partial charge in [0.1, 0.15) is 9.84 Å². The van der Waals surface area contributed by atoms with E-state index in [9.17, 15) is 17.2 Å². The molecule has 0 spiro atoms. The lowest BCUT2D eigenvalue weighted by molar-refractivity contribution is 0.500. The Morgan fingerprint density at radius 2 is 1.94 bits per heavy atom. The summed E-state index contributed by atoms with van der Waals surface area (Å²) in [5.41, 5.74) is 0.633. The molecule has 0 heterocycles. The molecule has 0 aromatic heterocycles. The van der Waals surface area contributed by atoms with Crippen molar-refractivity contribution in [1.82, 2.24) is 5.32 Å². The summed E-state index contributed by atoms with van der Waals surface area (Å²) in [6.45, 7) is 2.32. The zero-order chi connectivity index (χ0) is 13.8. The van der Waals surface area contributed by atoms with E-state index in [4.69, 9.17) is 0 Å². The highest BCUT2D eigenvalue weighted by Gasteiger charge is 2.09. The summed E-state index contributed by atoms with van der Waals surface area (Å²) in [6, 6.07) is 3.58. The molecule has 1 aromatic carbocycles. The highest BCUT2D eigenvalue weighted by Crippen LogP contribution is 2.15. The van der Waals surface area contributed by atoms with E-state index in [0.29, 0.717) is 18.5 Å². The fraction of sp³-hybridized carbons (Fsp3) is 0.500. The first-order valence-corrected chi connectivity index (χ1v) is 7.72. The molecule has 0 fully saturated rings. The monoisotopic (exact) mass is 277 g/mol. The van der Waals surface area contributed by atoms with Crippen molar-refractivity contribution in [3.63, 3.8) is 0 Å². The molecule has 1 rings (SSSR count). The third-order valence-corrected chi connectivity index (χ3v) is 3.62. The molecule has 0 aliphatic rings. The zero-order valence-electron chi connectivity index (χ0n) is 10.4. The molecule has 18 heavy (non-hydrogen) atoms. The quantitative estimate of drug-likeness (QED) is 0.810. The molecule has 1 atom stereocenters. The highest BCUT2D eigenvalue weighted by atomic mass is 32.2. The van der Waals surface area contributed by atoms with Crippen LogP contribution in [0.2, 0.25) is 0 Å². The topological polar surface area (TPSA) is 46.2 Å². The van der Waals surface area contributed by atoms with Gasteiger partial charge in [-0.2, -0.15) is 0 Å². The van der Waals surface area contributed by atoms with Crippen LogP contribution in [-0.4, -0.2) is 27.0 Å². The van der Waals surface area contributed by atoms with Crippen molar-refractivity contribution in [1.29, 1.82) is 0 Å². The van der Waals surface area contributed by atoms with Crippen molar-refractivity contribution in [2.24, 2.45) is 0 Å². The molecule has 3 nitrogen and oxygen atoms in total. The van der Waals surface area contributed by atoms with Gasteiger partial charge < -0.3 is 5.32 Å². The molecule has 1 N–H and O–H groups in total. The first-order chi connectivity index (χ1) is 8.29. The van der Waals surface area contributed by atoms with Gasteiger partial charge in [0.15, 0.2) is 11.6 Å². The third-order valence-electron chi connectivity index (χ3n) is 2.59. The molecule has 1 aromatic rings. The number of nitrogens with one attached hydrogen (secondary N) is 1. The molecule has 0 radical (unpaired) electrons. The van der Waals surface area contributed by atoms with Crippen molar-refractivity contribution >= 4 is 9.84 Å². The number of sulfone groups is 1. The van der Waals surface area contributed by atoms with Gasteiger partial charge in [0, 0.05) is 12.3 Å². The minimum atomic E-state index is -2.95. The van der Waals surface area contributed by atoms with Gasteiger partial charge in [-0.1, -0.05) is 6.07 Å². The van der Waals surface area contributed by atoms with E-state index < -0.39 is 21.5 Å². The maximum absolute atomic E-state index is 13.0. The largest absolute Gasteiger partial charge is 0.310 e. The average Bonchev–Trinajstić information content (AvgIpc) is 2.26. The Balaban J connectivity index is 2.45. The first kappa shape index (κ1) is 15.0. The molecule has 0 saturated carbocycles. The Bertz CT molecular complexity index is 503. The van der Waals surface area contributed by atoms with Crippen molar-refractivity contribution < 1.29 is 17.2 Å². The molecule has 0 saturated heterocycles. The van der Waals surface area contributed by atoms with Crippen LogP contribution in [0.4, 0.5) is 8.78 Å². The van der Waals surface area contributed by atoms with Gasteiger partial charge in [0.05, 0.1) is 5.75 Å². The lowest BCUT2D eigenvalue weighted by Crippen LogP contribution is -2.22. The second kappa shape index (κ2) is 6.24. The van der Waals surface area contributed by atoms with Crippen LogP contribution in [0.5, 0.6) is 0 Å². The fourth-order valence-corrected chi connectivity index (χ4v) is 2.22. The van der Waals surface area contributed by atoms with Crippen LogP contribution in [0.3, 0.4) is 0 Å². The van der Waals surface area contributed by atoms with Gasteiger partial charge in [-0.25, -0.2) is 17.2 Å². The highest BCUT2D eigenvalue weighted by molar-refractivity contribution is 7.90. The van der Waals surface area contributed by atoms with Crippen LogP contribution in [0, 0.1) is 11.6 Å². The molecule has 0 aliphatic heterocycles. The molecule has 1 unspecified atom stereocenters. The summed E-state index contributed by atoms with van der Waals surface area (Å²) in [4.78, 5) is 0. The van der Waals surface area contributed by atoms with Crippen LogP contribution in [0.1, 0.15) is 24.9 Å². The van der Waals surface area contributed by atoms with Crippen molar-refractivity contribution in [3.05, 3.63) is 35.4 Å². The Kier molecular flexibility index (Phi) is 5.22. The van der Waals surface area contributed by atoms with E-state index in [1.54, 1.807) is 0 Å². The molecule has 102 valence electrons. The molecule has 0 aliphatic carbocycles. The lowest BCUT2D eigenvalue weighted by atomic mass is 10.1. The van der Waals surface area contributed by atoms with E-state index in [1.807, 2.05) is 6.92 Å². The van der Waals surface area contributed by atoms with E-state index in [1.165, 1.54) is 12.3 Å². The predicted octanol–water partition coefficient (Wildman–Crippen LogP) is 2.05. The second-order valence-electron chi connectivity index (χ2n) is 4.33. The van der Waals surface area contributed by atoms with Crippen LogP contribution in [-0.2, 0) is 9.84 Å². The van der Waals surface area contributed by atoms with Crippen LogP contribution in [0.25, 0.3) is 0 Å². The standard InChI is InChI=1S/C12H17F2NO2S/c1-9(15-6-3-7-18(2,16)17)10-4-5-11(13)12(14)8-10/h4-5,8-9,15H,3,6-7H2,1-2H3. The van der Waals surface area contributed by atoms with Gasteiger partial charge in [-0.15, -0.1) is 0 Å². The summed E-state index contributed by atoms with van der Waals surface area (Å²) in [5, 5.41) is 3.06. The van der Waals surface area contributed by atoms with E-state index in [-0.39, 0.29) is 11.8 Å². The normalized spacial score (nSPS) is 13.6. The van der Waals surface area contributed by atoms with Crippen molar-refractivity contribution in [3.8, 4) is 0 Å². The maximum atomic E-state index is 13.0. The van der Waals surface area contributed by atoms with Crippen LogP contribution >= 0.6 is 0 Å². The molecule has 0 bridgehead atoms. The van der Waals surface area contributed by atoms with E-state index >= 15 is 0 Å². The molecular formula is C12H17F2NO2S. The summed E-state index contributed by atoms with van der Waals surface area (Å²) >= 11 is 0. The van der Waals surface area contributed by atoms with Gasteiger partial charge >= 0.3 is 0 Å². The number of benzene rings is 1. The van der Waals surface area contributed by atoms with Gasteiger partial charge in [0.25, 0.3) is 0 Å². The summed E-state index contributed by atoms with van der Waals surface area (Å²) in [5.74, 6) is -1.63. The van der Waals surface area contributed by atoms with Gasteiger partial charge in [-0.3, -0.25) is 0 Å². The minimum Gasteiger partial charge on any atom is -0.310 e. The SMILES string of the molecule is CC(NCCCS(C)(=O)=O)c1ccc(F)c(F)c1. The lowest BCUT2D eigenvalue weighted by Gasteiger charge is -2.14. The Hall–Kier alpha value is -1.01. The Labute approximate surface area is 106 Å². The van der Waals surface area contributed by atoms with Gasteiger partial charge in [-0.05, 0) is 37.6 Å². The van der Waals surface area contributed by atoms with Crippen molar-refractivity contribution in [2.45, 2.75) is 19.4 Å². The Morgan fingerprint density at radius 3 is 2.50 bits per heavy atom. The van der Waals surface area contributed by atoms with E-state index in [0.717, 1.165) is 12.1 Å². The number of halogens is 2. The fourth-order valence-electron chi connectivity index (χ4n) is 1.55. The second-order valence-corrected chi connectivity index (χ2v) is 6.59. The minimum absolute atomic E-state index is 0.116. The Morgan fingerprint density at radius 1 is 1.28 bits per heavy atom. The summed E-state index contributed by atoms with van der Waals surface area (Å²) < 4.78 is 47.6. The number of hydrogen-bond acceptors (Lipinski definition) is 3.